The first-order valence-electron chi connectivity index (χ1n) is 28.1. The number of imidazole rings is 1. The fraction of sp³-hybridized carbons (Fsp3) is 0.143. The van der Waals surface area contributed by atoms with Gasteiger partial charge in [0.2, 0.25) is 0 Å². The van der Waals surface area contributed by atoms with Crippen molar-refractivity contribution < 1.29 is 42.6 Å². The number of aromatic nitrogens is 3. The Morgan fingerprint density at radius 2 is 1.12 bits per heavy atom. The Morgan fingerprint density at radius 1 is 0.515 bits per heavy atom. The summed E-state index contributed by atoms with van der Waals surface area (Å²) in [7, 11) is 0. The molecule has 10 rings (SSSR count). The summed E-state index contributed by atoms with van der Waals surface area (Å²) in [5.74, 6) is 0.339. The van der Waals surface area contributed by atoms with Gasteiger partial charge in [-0.05, 0) is 104 Å². The monoisotopic (exact) mass is 1080 g/mol. The van der Waals surface area contributed by atoms with Crippen molar-refractivity contribution in [3.05, 3.63) is 217 Å². The summed E-state index contributed by atoms with van der Waals surface area (Å²) in [6, 6.07) is 60.7. The molecule has 1 N–H and O–H groups in total. The maximum Gasteiger partial charge on any atom is 0.148 e. The van der Waals surface area contributed by atoms with E-state index in [0.717, 1.165) is 33.4 Å². The number of hydrogen-bond donors (Lipinski definition) is 1. The summed E-state index contributed by atoms with van der Waals surface area (Å²) >= 11 is 0. The SMILES string of the molecule is [2H]C([2H])([2H])c1cc(-n2c(-c3ccccc3O)nc3c(-c4[c-]c(-c5cc(-c6ccc(C(C([2H])([2H])[2H])(C([2H])([2H])[2H])C([2H])([2H])[2H])cc6)ccn5)cc(-c5ccccc5)c4)cccc32)c(-c2ccc(C(C)(C)C)cc2)cc1-c1ccccc1.[Pt]. The average molecular weight is 1080 g/mol. The van der Waals surface area contributed by atoms with Crippen molar-refractivity contribution in [1.82, 2.24) is 14.5 Å². The third-order valence-electron chi connectivity index (χ3n) is 12.3. The molecule has 0 bridgehead atoms. The van der Waals surface area contributed by atoms with Gasteiger partial charge in [0.25, 0.3) is 0 Å². The number of aryl methyl sites for hydroxylation is 1. The van der Waals surface area contributed by atoms with Gasteiger partial charge in [-0.25, -0.2) is 4.98 Å². The van der Waals surface area contributed by atoms with E-state index >= 15 is 0 Å². The minimum absolute atomic E-state index is 0. The first-order chi connectivity index (χ1) is 37.3. The quantitative estimate of drug-likeness (QED) is 0.154. The molecule has 8 aromatic carbocycles. The molecule has 68 heavy (non-hydrogen) atoms. The number of fused-ring (bicyclic) bond motifs is 1. The van der Waals surface area contributed by atoms with Crippen LogP contribution in [-0.2, 0) is 31.9 Å². The van der Waals surface area contributed by atoms with E-state index in [1.165, 1.54) is 24.3 Å². The Morgan fingerprint density at radius 3 is 1.79 bits per heavy atom. The van der Waals surface area contributed by atoms with Crippen LogP contribution in [0.3, 0.4) is 0 Å². The molecule has 0 aliphatic rings. The predicted molar refractivity (Wildman–Crippen MR) is 280 cm³/mol. The van der Waals surface area contributed by atoms with Gasteiger partial charge in [0.1, 0.15) is 11.6 Å². The van der Waals surface area contributed by atoms with E-state index < -0.39 is 32.8 Å². The fourth-order valence-corrected chi connectivity index (χ4v) is 8.73. The van der Waals surface area contributed by atoms with Gasteiger partial charge in [0.15, 0.2) is 0 Å². The molecule has 338 valence electrons. The smallest absolute Gasteiger partial charge is 0.148 e. The van der Waals surface area contributed by atoms with Crippen LogP contribution in [0.2, 0.25) is 0 Å². The largest absolute Gasteiger partial charge is 0.507 e. The van der Waals surface area contributed by atoms with E-state index in [2.05, 4.69) is 51.1 Å². The molecule has 0 radical (unpaired) electrons. The van der Waals surface area contributed by atoms with E-state index in [0.29, 0.717) is 67.2 Å². The molecule has 4 nitrogen and oxygen atoms in total. The van der Waals surface area contributed by atoms with Gasteiger partial charge >= 0.3 is 0 Å². The van der Waals surface area contributed by atoms with Crippen molar-refractivity contribution in [2.45, 2.75) is 59.0 Å². The van der Waals surface area contributed by atoms with Crippen LogP contribution < -0.4 is 0 Å². The van der Waals surface area contributed by atoms with Crippen LogP contribution in [0.4, 0.5) is 0 Å². The molecule has 0 unspecified atom stereocenters. The van der Waals surface area contributed by atoms with E-state index in [4.69, 9.17) is 26.4 Å². The number of nitrogens with zero attached hydrogens (tertiary/aromatic N) is 3. The Bertz CT molecular complexity index is 3850. The van der Waals surface area contributed by atoms with Crippen LogP contribution in [0.25, 0.3) is 95.0 Å². The summed E-state index contributed by atoms with van der Waals surface area (Å²) < 4.78 is 103. The molecular formula is C63H54N3OPt-. The Labute approximate surface area is 432 Å². The molecule has 5 heteroatoms. The molecule has 0 fully saturated rings. The standard InChI is InChI=1S/C63H54N3O.Pt/c1-41-35-58(55(40-54(41)44-19-12-9-13-20-44)45-27-31-51(32-28-45)63(5,6)7)66-57-23-16-22-52(60(57)65-61(66)53-21-14-15-24-59(53)67)48-36-47(42-17-10-8-11-18-42)37-49(38-48)56-39-46(33-34-64-56)43-25-29-50(30-26-43)62(2,3)4;/h8-37,39-40,67H,1-7H3;/q-1;/i1D3,2D3,3D3,4D3;. The van der Waals surface area contributed by atoms with Crippen LogP contribution in [-0.4, -0.2) is 19.6 Å². The molecule has 10 aromatic rings. The second-order valence-electron chi connectivity index (χ2n) is 17.9. The Hall–Kier alpha value is -7.13. The van der Waals surface area contributed by atoms with Gasteiger partial charge in [-0.3, -0.25) is 9.55 Å². The zero-order valence-electron chi connectivity index (χ0n) is 49.6. The molecule has 0 atom stereocenters. The van der Waals surface area contributed by atoms with Crippen molar-refractivity contribution >= 4 is 11.0 Å². The number of rotatable bonds is 8. The topological polar surface area (TPSA) is 50.9 Å². The number of hydrogen-bond acceptors (Lipinski definition) is 3. The number of para-hydroxylation sites is 2. The molecule has 0 amide bonds. The van der Waals surface area contributed by atoms with Crippen molar-refractivity contribution in [2.24, 2.45) is 0 Å². The summed E-state index contributed by atoms with van der Waals surface area (Å²) in [6.45, 7) is -6.31. The first kappa shape index (κ1) is 33.4. The van der Waals surface area contributed by atoms with Crippen molar-refractivity contribution in [3.63, 3.8) is 0 Å². The molecule has 0 saturated carbocycles. The molecule has 0 saturated heterocycles. The Kier molecular flexibility index (Phi) is 9.08. The summed E-state index contributed by atoms with van der Waals surface area (Å²) in [6.07, 6.45) is 1.62. The summed E-state index contributed by atoms with van der Waals surface area (Å²) in [5.41, 5.74) is 7.94. The van der Waals surface area contributed by atoms with Gasteiger partial charge in [0, 0.05) is 55.0 Å². The van der Waals surface area contributed by atoms with E-state index in [9.17, 15) is 5.11 Å². The van der Waals surface area contributed by atoms with Crippen LogP contribution in [0.15, 0.2) is 194 Å². The van der Waals surface area contributed by atoms with Crippen LogP contribution in [0, 0.1) is 12.9 Å². The molecule has 0 aliphatic heterocycles. The first-order valence-corrected chi connectivity index (χ1v) is 22.1. The van der Waals surface area contributed by atoms with E-state index in [1.54, 1.807) is 36.5 Å². The number of phenolic OH excluding ortho intramolecular Hbond substituents is 1. The van der Waals surface area contributed by atoms with Crippen LogP contribution in [0.1, 0.15) is 74.5 Å². The number of benzene rings is 8. The summed E-state index contributed by atoms with van der Waals surface area (Å²) in [4.78, 5) is 10.2. The van der Waals surface area contributed by atoms with Crippen molar-refractivity contribution in [1.29, 1.82) is 0 Å². The van der Waals surface area contributed by atoms with Gasteiger partial charge in [0.05, 0.1) is 22.3 Å². The van der Waals surface area contributed by atoms with Gasteiger partial charge in [-0.15, -0.1) is 23.8 Å². The summed E-state index contributed by atoms with van der Waals surface area (Å²) in [5, 5.41) is 11.7. The minimum Gasteiger partial charge on any atom is -0.507 e. The molecule has 0 aliphatic carbocycles. The van der Waals surface area contributed by atoms with Crippen LogP contribution in [0.5, 0.6) is 5.75 Å². The third-order valence-corrected chi connectivity index (χ3v) is 12.3. The van der Waals surface area contributed by atoms with Crippen LogP contribution >= 0.6 is 0 Å². The average Bonchev–Trinajstić information content (AvgIpc) is 3.84. The van der Waals surface area contributed by atoms with Crippen molar-refractivity contribution in [2.75, 3.05) is 0 Å². The second-order valence-corrected chi connectivity index (χ2v) is 17.9. The maximum absolute atomic E-state index is 11.7. The number of phenols is 1. The Balaban J connectivity index is 0.00000774. The van der Waals surface area contributed by atoms with Crippen molar-refractivity contribution in [3.8, 4) is 89.7 Å². The zero-order chi connectivity index (χ0) is 56.5. The minimum atomic E-state index is -3.40. The third kappa shape index (κ3) is 9.02. The zero-order valence-corrected chi connectivity index (χ0v) is 39.9. The van der Waals surface area contributed by atoms with Gasteiger partial charge in [-0.2, -0.15) is 0 Å². The second kappa shape index (κ2) is 18.5. The van der Waals surface area contributed by atoms with E-state index in [-0.39, 0.29) is 43.4 Å². The fourth-order valence-electron chi connectivity index (χ4n) is 8.73. The molecule has 0 spiro atoms. The molecule has 2 aromatic heterocycles. The van der Waals surface area contributed by atoms with E-state index in [1.807, 2.05) is 114 Å². The number of aromatic hydroxyl groups is 1. The maximum atomic E-state index is 11.7. The van der Waals surface area contributed by atoms with Gasteiger partial charge in [-0.1, -0.05) is 198 Å². The van der Waals surface area contributed by atoms with Gasteiger partial charge < -0.3 is 5.11 Å². The predicted octanol–water partition coefficient (Wildman–Crippen LogP) is 16.5. The number of pyridine rings is 1. The molecule has 2 heterocycles. The normalized spacial score (nSPS) is 15.0. The molecular weight excluding hydrogens is 1010 g/mol.